The minimum Gasteiger partial charge on any atom is -0.478 e. The topological polar surface area (TPSA) is 85.8 Å². The summed E-state index contributed by atoms with van der Waals surface area (Å²) in [6, 6.07) is 1.52. The highest BCUT2D eigenvalue weighted by Gasteiger charge is 2.27. The van der Waals surface area contributed by atoms with Gasteiger partial charge in [-0.05, 0) is 50.8 Å². The molecule has 0 spiro atoms. The molecule has 2 N–H and O–H groups in total. The van der Waals surface area contributed by atoms with E-state index in [1.165, 1.54) is 38.4 Å². The van der Waals surface area contributed by atoms with E-state index < -0.39 is 5.97 Å². The summed E-state index contributed by atoms with van der Waals surface area (Å²) in [5.41, 5.74) is 0.587. The number of nitrogens with zero attached hydrogens (tertiary/aromatic N) is 3. The molecule has 1 aromatic heterocycles. The Morgan fingerprint density at radius 3 is 2.73 bits per heavy atom. The van der Waals surface area contributed by atoms with Crippen LogP contribution in [0.1, 0.15) is 49.4 Å². The molecule has 1 aromatic rings. The molecule has 2 aliphatic rings. The van der Waals surface area contributed by atoms with Crippen molar-refractivity contribution in [2.24, 2.45) is 5.92 Å². The van der Waals surface area contributed by atoms with E-state index in [4.69, 9.17) is 0 Å². The van der Waals surface area contributed by atoms with Crippen LogP contribution in [0, 0.1) is 5.92 Å². The summed E-state index contributed by atoms with van der Waals surface area (Å²) in [7, 11) is 0. The number of aromatic nitrogens is 1. The first-order valence-corrected chi connectivity index (χ1v) is 9.57. The number of hydrogen-bond acceptors (Lipinski definition) is 5. The molecule has 3 heterocycles. The summed E-state index contributed by atoms with van der Waals surface area (Å²) in [5.74, 6) is -0.107. The Morgan fingerprint density at radius 1 is 1.27 bits per heavy atom. The van der Waals surface area contributed by atoms with Crippen molar-refractivity contribution in [3.8, 4) is 0 Å². The van der Waals surface area contributed by atoms with E-state index in [0.29, 0.717) is 23.8 Å². The largest absolute Gasteiger partial charge is 0.478 e. The molecule has 0 aliphatic carbocycles. The van der Waals surface area contributed by atoms with Crippen molar-refractivity contribution in [3.63, 3.8) is 0 Å². The monoisotopic (exact) mass is 360 g/mol. The van der Waals surface area contributed by atoms with Crippen LogP contribution in [-0.2, 0) is 4.79 Å². The molecule has 0 bridgehead atoms. The maximum absolute atomic E-state index is 11.7. The van der Waals surface area contributed by atoms with Crippen molar-refractivity contribution in [2.75, 3.05) is 42.9 Å². The van der Waals surface area contributed by atoms with Gasteiger partial charge in [-0.15, -0.1) is 0 Å². The number of rotatable bonds is 6. The number of carboxylic acid groups (broad SMARTS) is 1. The van der Waals surface area contributed by atoms with Gasteiger partial charge in [-0.25, -0.2) is 9.78 Å². The van der Waals surface area contributed by atoms with Crippen molar-refractivity contribution in [1.29, 1.82) is 0 Å². The number of amides is 1. The molecule has 1 unspecified atom stereocenters. The minimum absolute atomic E-state index is 0.153. The van der Waals surface area contributed by atoms with Gasteiger partial charge in [0.1, 0.15) is 11.4 Å². The van der Waals surface area contributed by atoms with Crippen LogP contribution in [-0.4, -0.2) is 59.6 Å². The highest BCUT2D eigenvalue weighted by Crippen LogP contribution is 2.27. The van der Waals surface area contributed by atoms with Crippen molar-refractivity contribution in [1.82, 2.24) is 9.88 Å². The molecular formula is C19H28N4O3. The van der Waals surface area contributed by atoms with E-state index in [9.17, 15) is 14.7 Å². The molecule has 0 aromatic carbocycles. The number of anilines is 2. The molecule has 1 amide bonds. The number of carboxylic acids is 1. The van der Waals surface area contributed by atoms with Crippen molar-refractivity contribution in [3.05, 3.63) is 17.8 Å². The van der Waals surface area contributed by atoms with Gasteiger partial charge in [0.05, 0.1) is 11.9 Å². The quantitative estimate of drug-likeness (QED) is 0.810. The van der Waals surface area contributed by atoms with Gasteiger partial charge in [0.15, 0.2) is 0 Å². The lowest BCUT2D eigenvalue weighted by Crippen LogP contribution is -2.41. The number of pyridine rings is 1. The Morgan fingerprint density at radius 2 is 2.04 bits per heavy atom. The fraction of sp³-hybridized carbons (Fsp3) is 0.632. The van der Waals surface area contributed by atoms with Gasteiger partial charge in [0.25, 0.3) is 0 Å². The Balaban J connectivity index is 1.73. The maximum Gasteiger partial charge on any atom is 0.339 e. The van der Waals surface area contributed by atoms with Gasteiger partial charge in [-0.1, -0.05) is 6.92 Å². The summed E-state index contributed by atoms with van der Waals surface area (Å²) in [5, 5.41) is 12.3. The zero-order valence-electron chi connectivity index (χ0n) is 15.4. The first kappa shape index (κ1) is 18.6. The van der Waals surface area contributed by atoms with Crippen LogP contribution in [0.15, 0.2) is 12.3 Å². The summed E-state index contributed by atoms with van der Waals surface area (Å²) in [6.45, 7) is 6.86. The van der Waals surface area contributed by atoms with Crippen LogP contribution in [0.2, 0.25) is 0 Å². The smallest absolute Gasteiger partial charge is 0.339 e. The standard InChI is InChI=1S/C19H28N4O3/c1-2-17(24)21-15-10-16(19(25)26)18(20-11-15)23-9-5-6-14(13-23)12-22-7-3-4-8-22/h10-11,14H,2-9,12-13H2,1H3,(H,21,24)(H,25,26). The molecule has 3 rings (SSSR count). The van der Waals surface area contributed by atoms with Crippen LogP contribution in [0.5, 0.6) is 0 Å². The molecule has 0 saturated carbocycles. The third-order valence-electron chi connectivity index (χ3n) is 5.24. The Hall–Kier alpha value is -2.15. The number of nitrogens with one attached hydrogen (secondary N) is 1. The van der Waals surface area contributed by atoms with Crippen molar-refractivity contribution >= 4 is 23.4 Å². The van der Waals surface area contributed by atoms with Gasteiger partial charge in [0.2, 0.25) is 5.91 Å². The normalized spacial score (nSPS) is 21.0. The minimum atomic E-state index is -1.01. The molecule has 7 heteroatoms. The number of carbonyl (C=O) groups excluding carboxylic acids is 1. The number of likely N-dealkylation sites (tertiary alicyclic amines) is 1. The summed E-state index contributed by atoms with van der Waals surface area (Å²) in [6.07, 6.45) is 6.69. The van der Waals surface area contributed by atoms with E-state index in [0.717, 1.165) is 26.1 Å². The van der Waals surface area contributed by atoms with E-state index in [2.05, 4.69) is 20.1 Å². The Labute approximate surface area is 154 Å². The summed E-state index contributed by atoms with van der Waals surface area (Å²) in [4.78, 5) is 32.3. The lowest BCUT2D eigenvalue weighted by atomic mass is 9.97. The second-order valence-electron chi connectivity index (χ2n) is 7.26. The number of piperidine rings is 1. The second kappa shape index (κ2) is 8.49. The van der Waals surface area contributed by atoms with Gasteiger partial charge in [-0.3, -0.25) is 4.79 Å². The predicted molar refractivity (Wildman–Crippen MR) is 101 cm³/mol. The maximum atomic E-state index is 11.7. The summed E-state index contributed by atoms with van der Waals surface area (Å²) >= 11 is 0. The fourth-order valence-electron chi connectivity index (χ4n) is 3.92. The molecule has 26 heavy (non-hydrogen) atoms. The average Bonchev–Trinajstić information content (AvgIpc) is 3.14. The molecule has 142 valence electrons. The first-order valence-electron chi connectivity index (χ1n) is 9.57. The van der Waals surface area contributed by atoms with E-state index in [-0.39, 0.29) is 11.5 Å². The third kappa shape index (κ3) is 4.52. The van der Waals surface area contributed by atoms with Gasteiger partial charge >= 0.3 is 5.97 Å². The van der Waals surface area contributed by atoms with E-state index >= 15 is 0 Å². The van der Waals surface area contributed by atoms with Crippen LogP contribution >= 0.6 is 0 Å². The molecule has 1 atom stereocenters. The summed E-state index contributed by atoms with van der Waals surface area (Å²) < 4.78 is 0. The first-order chi connectivity index (χ1) is 12.6. The van der Waals surface area contributed by atoms with Crippen LogP contribution in [0.25, 0.3) is 0 Å². The molecule has 2 aliphatic heterocycles. The highest BCUT2D eigenvalue weighted by molar-refractivity contribution is 5.96. The zero-order valence-corrected chi connectivity index (χ0v) is 15.4. The van der Waals surface area contributed by atoms with Crippen LogP contribution < -0.4 is 10.2 Å². The molecular weight excluding hydrogens is 332 g/mol. The van der Waals surface area contributed by atoms with Gasteiger partial charge in [0, 0.05) is 26.1 Å². The molecule has 7 nitrogen and oxygen atoms in total. The molecule has 2 saturated heterocycles. The van der Waals surface area contributed by atoms with Crippen molar-refractivity contribution in [2.45, 2.75) is 39.0 Å². The lowest BCUT2D eigenvalue weighted by Gasteiger charge is -2.36. The van der Waals surface area contributed by atoms with E-state index in [1.54, 1.807) is 13.1 Å². The lowest BCUT2D eigenvalue weighted by molar-refractivity contribution is -0.115. The third-order valence-corrected chi connectivity index (χ3v) is 5.24. The van der Waals surface area contributed by atoms with Gasteiger partial charge < -0.3 is 20.2 Å². The second-order valence-corrected chi connectivity index (χ2v) is 7.26. The van der Waals surface area contributed by atoms with Crippen LogP contribution in [0.3, 0.4) is 0 Å². The fourth-order valence-corrected chi connectivity index (χ4v) is 3.92. The average molecular weight is 360 g/mol. The van der Waals surface area contributed by atoms with E-state index in [1.807, 2.05) is 0 Å². The van der Waals surface area contributed by atoms with Crippen molar-refractivity contribution < 1.29 is 14.7 Å². The highest BCUT2D eigenvalue weighted by atomic mass is 16.4. The number of hydrogen-bond donors (Lipinski definition) is 2. The SMILES string of the molecule is CCC(=O)Nc1cnc(N2CCCC(CN3CCCC3)C2)c(C(=O)O)c1. The van der Waals surface area contributed by atoms with Crippen LogP contribution in [0.4, 0.5) is 11.5 Å². The predicted octanol–water partition coefficient (Wildman–Crippen LogP) is 2.44. The number of carbonyl (C=O) groups is 2. The molecule has 2 fully saturated rings. The Kier molecular flexibility index (Phi) is 6.08. The molecule has 0 radical (unpaired) electrons. The van der Waals surface area contributed by atoms with Gasteiger partial charge in [-0.2, -0.15) is 0 Å². The zero-order chi connectivity index (χ0) is 18.5. The number of aromatic carboxylic acids is 1. The Bertz CT molecular complexity index is 658.